The Morgan fingerprint density at radius 3 is 1.61 bits per heavy atom. The molecule has 1 saturated heterocycles. The molecule has 5 rings (SSSR count). The normalized spacial score (nSPS) is 20.3. The van der Waals surface area contributed by atoms with Crippen LogP contribution in [0.2, 0.25) is 0 Å². The van der Waals surface area contributed by atoms with Crippen LogP contribution in [0, 0.1) is 5.92 Å². The average Bonchev–Trinajstić information content (AvgIpc) is 1.72. The number of nitrogens with two attached hydrogens (primary N) is 4. The quantitative estimate of drug-likeness (QED) is 0.00856. The smallest absolute Gasteiger partial charge is 0.329 e. The Morgan fingerprint density at radius 1 is 0.504 bits per heavy atom. The highest BCUT2D eigenvalue weighted by atomic mass is 16.5. The zero-order valence-electron chi connectivity index (χ0n) is 71.1. The van der Waals surface area contributed by atoms with Gasteiger partial charge in [-0.2, -0.15) is 0 Å². The van der Waals surface area contributed by atoms with E-state index in [9.17, 15) is 126 Å². The van der Waals surface area contributed by atoms with Gasteiger partial charge < -0.3 is 133 Å². The fraction of sp³-hybridized carbons (Fsp3) is 0.488. The number of cyclic esters (lactones) is 1. The van der Waals surface area contributed by atoms with Crippen LogP contribution in [0.15, 0.2) is 79.0 Å². The fourth-order valence-electron chi connectivity index (χ4n) is 13.2. The molecule has 28 N–H and O–H groups in total. The number of amides is 15. The number of hydrogen-bond donors (Lipinski definition) is 24. The zero-order chi connectivity index (χ0) is 95.9. The lowest BCUT2D eigenvalue weighted by Gasteiger charge is -2.30. The fourth-order valence-corrected chi connectivity index (χ4v) is 13.2. The molecular weight excluding hydrogens is 1700 g/mol. The van der Waals surface area contributed by atoms with E-state index in [1.165, 1.54) is 42.5 Å². The van der Waals surface area contributed by atoms with Gasteiger partial charge in [0.05, 0.1) is 57.8 Å². The molecule has 1 aromatic heterocycles. The van der Waals surface area contributed by atoms with Gasteiger partial charge in [0.1, 0.15) is 72.6 Å². The second-order valence-electron chi connectivity index (χ2n) is 30.6. The molecule has 47 nitrogen and oxygen atoms in total. The van der Waals surface area contributed by atoms with Crippen molar-refractivity contribution in [2.24, 2.45) is 17.4 Å². The maximum Gasteiger partial charge on any atom is 0.329 e. The number of unbranched alkanes of at least 4 members (excludes halogenated alkanes) is 6. The molecule has 47 heteroatoms. The number of aliphatic carboxylic acids is 4. The van der Waals surface area contributed by atoms with Crippen LogP contribution in [0.4, 0.5) is 11.4 Å². The van der Waals surface area contributed by atoms with Gasteiger partial charge in [0.15, 0.2) is 11.6 Å². The number of aliphatic hydroxyl groups excluding tert-OH is 1. The third-order valence-electron chi connectivity index (χ3n) is 20.1. The van der Waals surface area contributed by atoms with Crippen LogP contribution in [0.3, 0.4) is 0 Å². The number of aromatic amines is 1. The number of aromatic nitrogens is 1. The number of nitrogen functional groups attached to an aromatic ring is 2. The van der Waals surface area contributed by atoms with Crippen molar-refractivity contribution in [2.75, 3.05) is 37.7 Å². The number of fused-ring (bicyclic) bond motifs is 1. The SMILES string of the molecule is CCCCCCCCCC(=O)NC(Cc1c[nH]c2ccccc12)C(=O)NC(CC(N)=O)C(=O)NC(CC(=O)O)C(=O)NC1C(=O)NCC(=O)NC(CCCNC(=O)C(N)CC(=O)c2ccccc2N)C(=O)NC(CC(=O)O)C(=O)NC(C)C(=O)NC(CC(=O)O)C(=O)NCC(=O)NC(CO)C(=O)NC(C(C)CC(=O)O)C(=O)NC(CC(=O)c2ccccc2N)C(=O)OC1C. The van der Waals surface area contributed by atoms with Crippen molar-refractivity contribution in [1.29, 1.82) is 0 Å². The van der Waals surface area contributed by atoms with Crippen LogP contribution in [-0.4, -0.2) is 265 Å². The van der Waals surface area contributed by atoms with Crippen LogP contribution < -0.4 is 97.4 Å². The first-order chi connectivity index (χ1) is 61.0. The summed E-state index contributed by atoms with van der Waals surface area (Å²) >= 11 is 0. The van der Waals surface area contributed by atoms with Crippen LogP contribution in [0.5, 0.6) is 0 Å². The molecule has 14 unspecified atom stereocenters. The molecule has 3 aromatic carbocycles. The Kier molecular flexibility index (Phi) is 42.7. The Bertz CT molecular complexity index is 4770. The number of carboxylic acids is 4. The van der Waals surface area contributed by atoms with Crippen molar-refractivity contribution in [2.45, 2.75) is 222 Å². The maximum absolute atomic E-state index is 15.0. The number of anilines is 2. The number of esters is 1. The first-order valence-corrected chi connectivity index (χ1v) is 41.2. The van der Waals surface area contributed by atoms with Gasteiger partial charge in [-0.05, 0) is 74.9 Å². The number of H-pyrrole nitrogens is 1. The number of Topliss-reactive ketones (excluding diaryl/α,β-unsaturated/α-hetero) is 2. The summed E-state index contributed by atoms with van der Waals surface area (Å²) in [5.74, 6) is -32.3. The van der Waals surface area contributed by atoms with Gasteiger partial charge in [0.2, 0.25) is 88.6 Å². The highest BCUT2D eigenvalue weighted by molar-refractivity contribution is 6.06. The third-order valence-corrected chi connectivity index (χ3v) is 20.1. The van der Waals surface area contributed by atoms with Crippen LogP contribution in [0.1, 0.15) is 163 Å². The number of carboxylic acid groups (broad SMARTS) is 4. The molecule has 4 aromatic rings. The molecule has 0 saturated carbocycles. The van der Waals surface area contributed by atoms with E-state index in [1.54, 1.807) is 36.5 Å². The highest BCUT2D eigenvalue weighted by Crippen LogP contribution is 2.22. The predicted molar refractivity (Wildman–Crippen MR) is 452 cm³/mol. The van der Waals surface area contributed by atoms with E-state index in [-0.39, 0.29) is 41.8 Å². The van der Waals surface area contributed by atoms with E-state index in [0.29, 0.717) is 29.3 Å². The molecule has 1 aliphatic rings. The van der Waals surface area contributed by atoms with Crippen LogP contribution >= 0.6 is 0 Å². The number of benzene rings is 3. The molecular formula is C82H111N19O28. The summed E-state index contributed by atoms with van der Waals surface area (Å²) in [6, 6.07) is -7.11. The number of primary amides is 1. The second-order valence-corrected chi connectivity index (χ2v) is 30.6. The number of ether oxygens (including phenoxy) is 1. The van der Waals surface area contributed by atoms with E-state index < -0.39 is 292 Å². The molecule has 0 aliphatic carbocycles. The number of carbonyl (C=O) groups is 22. The third kappa shape index (κ3) is 35.4. The lowest BCUT2D eigenvalue weighted by atomic mass is 9.96. The van der Waals surface area contributed by atoms with Crippen molar-refractivity contribution in [1.82, 2.24) is 79.4 Å². The Labute approximate surface area is 737 Å². The lowest BCUT2D eigenvalue weighted by molar-refractivity contribution is -0.156. The maximum atomic E-state index is 15.0. The molecule has 702 valence electrons. The minimum atomic E-state index is -2.53. The average molecular weight is 1810 g/mol. The van der Waals surface area contributed by atoms with Crippen molar-refractivity contribution >= 4 is 152 Å². The zero-order valence-corrected chi connectivity index (χ0v) is 71.1. The summed E-state index contributed by atoms with van der Waals surface area (Å²) in [7, 11) is 0. The van der Waals surface area contributed by atoms with Gasteiger partial charge in [0.25, 0.3) is 0 Å². The van der Waals surface area contributed by atoms with E-state index in [4.69, 9.17) is 27.7 Å². The second kappa shape index (κ2) is 52.4. The van der Waals surface area contributed by atoms with Gasteiger partial charge in [-0.1, -0.05) is 94.8 Å². The molecule has 14 atom stereocenters. The largest absolute Gasteiger partial charge is 0.481 e. The monoisotopic (exact) mass is 1810 g/mol. The topological polar surface area (TPSA) is 774 Å². The van der Waals surface area contributed by atoms with Gasteiger partial charge in [-0.25, -0.2) is 4.79 Å². The molecule has 0 radical (unpaired) electrons. The summed E-state index contributed by atoms with van der Waals surface area (Å²) in [5, 5.41) is 81.5. The van der Waals surface area contributed by atoms with Gasteiger partial charge in [0, 0.05) is 71.8 Å². The summed E-state index contributed by atoms with van der Waals surface area (Å²) in [5.41, 5.74) is 24.4. The molecule has 129 heavy (non-hydrogen) atoms. The first kappa shape index (κ1) is 105. The molecule has 2 heterocycles. The van der Waals surface area contributed by atoms with Gasteiger partial charge >= 0.3 is 29.8 Å². The van der Waals surface area contributed by atoms with Crippen LogP contribution in [-0.2, 0) is 107 Å². The molecule has 15 amide bonds. The molecule has 1 aliphatic heterocycles. The molecule has 1 fully saturated rings. The Morgan fingerprint density at radius 2 is 1.02 bits per heavy atom. The number of aliphatic hydroxyl groups is 1. The standard InChI is InChI=1S/C82H111N19O28/c1-5-6-7-8-9-10-11-26-62(106)93-52(29-43-36-88-50-24-17-14-19-44(43)50)76(122)96-53(32-61(86)105)77(123)98-56(35-68(115)116)78(124)101-70-42(4)129-82(128)57(31-60(104)46-21-13-16-23-48(46)84)99-81(127)69(40(2)28-65(109)110)100-79(125)58(39-102)94-64(108)37-89-73(119)54(33-66(111)112)95-71(117)41(3)91-75(121)55(34-67(113)114)97-74(120)51(92-63(107)38-90-80(70)126)25-18-27-87-72(118)49(85)30-59(103)45-20-12-15-22-47(45)83/h12-17,19-24,36,40-42,49,51-58,69-70,88,102H,5-11,18,25-35,37-39,83-85H2,1-4H3,(H2,86,105)(H,87,118)(H,89,119)(H,90,126)(H,91,121)(H,92,107)(H,93,106)(H,94,108)(H,95,117)(H,96,122)(H,97,120)(H,98,123)(H,99,127)(H,100,125)(H,101,124)(H,109,110)(H,111,112)(H,113,114)(H,115,116). The minimum Gasteiger partial charge on any atom is -0.481 e. The Balaban J connectivity index is 1.64. The summed E-state index contributed by atoms with van der Waals surface area (Å²) in [6.45, 7) is 0.596. The summed E-state index contributed by atoms with van der Waals surface area (Å²) < 4.78 is 5.72. The van der Waals surface area contributed by atoms with E-state index >= 15 is 4.79 Å². The van der Waals surface area contributed by atoms with Crippen molar-refractivity contribution in [3.05, 3.63) is 95.7 Å². The number of ketones is 2. The number of para-hydroxylation sites is 3. The highest BCUT2D eigenvalue weighted by Gasteiger charge is 2.42. The molecule has 0 bridgehead atoms. The minimum absolute atomic E-state index is 0.0409. The van der Waals surface area contributed by atoms with Gasteiger partial charge in [-0.3, -0.25) is 101 Å². The lowest BCUT2D eigenvalue weighted by Crippen LogP contribution is -2.62. The van der Waals surface area contributed by atoms with E-state index in [2.05, 4.69) is 70.4 Å². The number of rotatable bonds is 40. The van der Waals surface area contributed by atoms with E-state index in [0.717, 1.165) is 52.9 Å². The number of hydrogen-bond acceptors (Lipinski definition) is 27. The van der Waals surface area contributed by atoms with Gasteiger partial charge in [-0.15, -0.1) is 0 Å². The van der Waals surface area contributed by atoms with E-state index in [1.807, 2.05) is 16.0 Å². The Hall–Kier alpha value is -14.5. The number of carbonyl (C=O) groups excluding carboxylic acids is 18. The molecule has 0 spiro atoms. The number of nitrogens with one attached hydrogen (secondary N) is 15. The van der Waals surface area contributed by atoms with Crippen molar-refractivity contribution in [3.8, 4) is 0 Å². The van der Waals surface area contributed by atoms with Crippen molar-refractivity contribution < 1.29 is 136 Å². The first-order valence-electron chi connectivity index (χ1n) is 41.2. The van der Waals surface area contributed by atoms with Crippen LogP contribution in [0.25, 0.3) is 10.9 Å². The summed E-state index contributed by atoms with van der Waals surface area (Å²) in [6.07, 6.45) is -3.93. The summed E-state index contributed by atoms with van der Waals surface area (Å²) in [4.78, 5) is 306. The van der Waals surface area contributed by atoms with Crippen molar-refractivity contribution in [3.63, 3.8) is 0 Å². The predicted octanol–water partition coefficient (Wildman–Crippen LogP) is -5.28.